The molecule has 3 N–H and O–H groups in total. The van der Waals surface area contributed by atoms with Crippen molar-refractivity contribution in [2.45, 2.75) is 350 Å². The summed E-state index contributed by atoms with van der Waals surface area (Å²) in [6, 6.07) is 0. The number of aliphatic hydroxyl groups is 1. The number of hydrogen-bond acceptors (Lipinski definition) is 15. The summed E-state index contributed by atoms with van der Waals surface area (Å²) in [4.78, 5) is 72.4. The number of rotatable bonds is 65. The van der Waals surface area contributed by atoms with Crippen LogP contribution < -0.4 is 0 Å². The first-order chi connectivity index (χ1) is 41.7. The highest BCUT2D eigenvalue weighted by molar-refractivity contribution is 7.47. The van der Waals surface area contributed by atoms with Gasteiger partial charge in [-0.1, -0.05) is 280 Å². The molecular formula is C68H132O17P2. The summed E-state index contributed by atoms with van der Waals surface area (Å²) < 4.78 is 68.2. The second-order valence-corrected chi connectivity index (χ2v) is 28.9. The number of unbranched alkanes of at least 4 members (excludes halogenated alkanes) is 29. The second-order valence-electron chi connectivity index (χ2n) is 26.0. The molecule has 0 heterocycles. The van der Waals surface area contributed by atoms with Gasteiger partial charge in [0.1, 0.15) is 19.3 Å². The van der Waals surface area contributed by atoms with Gasteiger partial charge in [-0.3, -0.25) is 37.3 Å². The Bertz CT molecular complexity index is 1730. The summed E-state index contributed by atoms with van der Waals surface area (Å²) in [5.41, 5.74) is 0. The minimum Gasteiger partial charge on any atom is -0.462 e. The lowest BCUT2D eigenvalue weighted by molar-refractivity contribution is -0.161. The molecule has 0 rings (SSSR count). The maximum absolute atomic E-state index is 13.0. The Hall–Kier alpha value is -1.94. The minimum atomic E-state index is -4.95. The molecule has 0 aliphatic rings. The molecule has 0 fully saturated rings. The van der Waals surface area contributed by atoms with Crippen molar-refractivity contribution in [3.05, 3.63) is 0 Å². The molecule has 0 spiro atoms. The highest BCUT2D eigenvalue weighted by atomic mass is 31.2. The maximum atomic E-state index is 13.0. The quantitative estimate of drug-likeness (QED) is 0.0222. The summed E-state index contributed by atoms with van der Waals surface area (Å²) in [6.07, 6.45) is 39.0. The fourth-order valence-corrected chi connectivity index (χ4v) is 11.7. The van der Waals surface area contributed by atoms with Crippen LogP contribution in [0.15, 0.2) is 0 Å². The zero-order chi connectivity index (χ0) is 64.7. The summed E-state index contributed by atoms with van der Waals surface area (Å²) in [6.45, 7) is 14.0. The van der Waals surface area contributed by atoms with Crippen LogP contribution in [0.25, 0.3) is 0 Å². The number of carbonyl (C=O) groups is 4. The van der Waals surface area contributed by atoms with E-state index in [9.17, 15) is 43.2 Å². The average Bonchev–Trinajstić information content (AvgIpc) is 3.54. The van der Waals surface area contributed by atoms with E-state index in [-0.39, 0.29) is 25.7 Å². The molecule has 0 bridgehead atoms. The van der Waals surface area contributed by atoms with Gasteiger partial charge >= 0.3 is 39.5 Å². The molecule has 0 aromatic carbocycles. The Kier molecular flexibility index (Phi) is 56.6. The van der Waals surface area contributed by atoms with Crippen molar-refractivity contribution in [1.82, 2.24) is 0 Å². The third-order valence-corrected chi connectivity index (χ3v) is 18.2. The molecule has 0 aromatic heterocycles. The number of ether oxygens (including phenoxy) is 4. The average molecular weight is 1280 g/mol. The molecule has 0 saturated heterocycles. The van der Waals surface area contributed by atoms with Gasteiger partial charge in [-0.2, -0.15) is 0 Å². The minimum absolute atomic E-state index is 0.101. The number of esters is 4. The Morgan fingerprint density at radius 3 is 0.816 bits per heavy atom. The Morgan fingerprint density at radius 1 is 0.322 bits per heavy atom. The highest BCUT2D eigenvalue weighted by Crippen LogP contribution is 2.45. The molecule has 4 unspecified atom stereocenters. The van der Waals surface area contributed by atoms with E-state index in [1.807, 2.05) is 0 Å². The van der Waals surface area contributed by atoms with Gasteiger partial charge in [-0.15, -0.1) is 0 Å². The first-order valence-corrected chi connectivity index (χ1v) is 38.3. The Balaban J connectivity index is 5.25. The predicted octanol–water partition coefficient (Wildman–Crippen LogP) is 18.9. The fraction of sp³-hybridized carbons (Fsp3) is 0.941. The smallest absolute Gasteiger partial charge is 0.462 e. The zero-order valence-electron chi connectivity index (χ0n) is 56.6. The van der Waals surface area contributed by atoms with E-state index in [0.29, 0.717) is 25.7 Å². The number of phosphoric acid groups is 2. The molecule has 0 saturated carbocycles. The van der Waals surface area contributed by atoms with Crippen LogP contribution in [0.1, 0.15) is 331 Å². The zero-order valence-corrected chi connectivity index (χ0v) is 58.4. The van der Waals surface area contributed by atoms with E-state index in [2.05, 4.69) is 55.4 Å². The van der Waals surface area contributed by atoms with Gasteiger partial charge in [0.05, 0.1) is 26.4 Å². The van der Waals surface area contributed by atoms with E-state index in [1.54, 1.807) is 0 Å². The van der Waals surface area contributed by atoms with Gasteiger partial charge in [0.2, 0.25) is 0 Å². The largest absolute Gasteiger partial charge is 0.472 e. The highest BCUT2D eigenvalue weighted by Gasteiger charge is 2.30. The number of phosphoric ester groups is 2. The molecule has 17 nitrogen and oxygen atoms in total. The molecule has 516 valence electrons. The van der Waals surface area contributed by atoms with Crippen LogP contribution in [0.2, 0.25) is 0 Å². The normalized spacial score (nSPS) is 15.0. The lowest BCUT2D eigenvalue weighted by atomic mass is 10.00. The van der Waals surface area contributed by atoms with Crippen LogP contribution in [-0.4, -0.2) is 96.7 Å². The molecule has 0 amide bonds. The van der Waals surface area contributed by atoms with Crippen LogP contribution in [-0.2, 0) is 65.4 Å². The van der Waals surface area contributed by atoms with Crippen molar-refractivity contribution in [2.75, 3.05) is 39.6 Å². The second kappa shape index (κ2) is 57.9. The molecule has 87 heavy (non-hydrogen) atoms. The topological polar surface area (TPSA) is 237 Å². The molecule has 0 aliphatic heterocycles. The third-order valence-electron chi connectivity index (χ3n) is 16.3. The van der Waals surface area contributed by atoms with Crippen molar-refractivity contribution in [3.8, 4) is 0 Å². The van der Waals surface area contributed by atoms with Crippen molar-refractivity contribution in [3.63, 3.8) is 0 Å². The van der Waals surface area contributed by atoms with Crippen LogP contribution in [0, 0.1) is 23.7 Å². The summed E-state index contributed by atoms with van der Waals surface area (Å²) in [5, 5.41) is 10.6. The van der Waals surface area contributed by atoms with E-state index < -0.39 is 97.5 Å². The standard InChI is InChI=1S/C68H132O17P2/c1-9-60(7)46-38-30-24-26-33-41-49-66(71)79-55-64(85-68(73)51-43-35-27-25-31-39-47-61(8)10-2)57-83-87(76,77)81-53-62(69)52-80-86(74,75)82-56-63(54-78-65(70)48-40-32-22-19-18-21-29-37-45-59(5)6)84-67(72)50-42-34-23-17-15-13-11-12-14-16-20-28-36-44-58(3)4/h58-64,69H,9-57H2,1-8H3,(H,74,75)(H,76,77)/t60?,61?,62-,63-,64-/m1/s1. The van der Waals surface area contributed by atoms with E-state index in [4.69, 9.17) is 37.0 Å². The number of hydrogen-bond donors (Lipinski definition) is 3. The van der Waals surface area contributed by atoms with Crippen LogP contribution in [0.4, 0.5) is 0 Å². The van der Waals surface area contributed by atoms with E-state index in [1.165, 1.54) is 128 Å². The van der Waals surface area contributed by atoms with Gasteiger partial charge in [0.15, 0.2) is 12.2 Å². The molecular weight excluding hydrogens is 1150 g/mol. The summed E-state index contributed by atoms with van der Waals surface area (Å²) in [5.74, 6) is 0.828. The van der Waals surface area contributed by atoms with Crippen molar-refractivity contribution < 1.29 is 80.2 Å². The Labute approximate surface area is 530 Å². The van der Waals surface area contributed by atoms with Crippen molar-refractivity contribution in [1.29, 1.82) is 0 Å². The maximum Gasteiger partial charge on any atom is 0.472 e. The first-order valence-electron chi connectivity index (χ1n) is 35.3. The predicted molar refractivity (Wildman–Crippen MR) is 349 cm³/mol. The van der Waals surface area contributed by atoms with Gasteiger partial charge in [0, 0.05) is 25.7 Å². The van der Waals surface area contributed by atoms with Gasteiger partial charge < -0.3 is 33.8 Å². The summed E-state index contributed by atoms with van der Waals surface area (Å²) in [7, 11) is -9.90. The Morgan fingerprint density at radius 2 is 0.552 bits per heavy atom. The van der Waals surface area contributed by atoms with Crippen molar-refractivity contribution >= 4 is 39.5 Å². The van der Waals surface area contributed by atoms with Gasteiger partial charge in [-0.05, 0) is 49.4 Å². The van der Waals surface area contributed by atoms with Gasteiger partial charge in [-0.25, -0.2) is 9.13 Å². The van der Waals surface area contributed by atoms with Crippen LogP contribution >= 0.6 is 15.6 Å². The van der Waals surface area contributed by atoms with E-state index >= 15 is 0 Å². The molecule has 19 heteroatoms. The summed E-state index contributed by atoms with van der Waals surface area (Å²) >= 11 is 0. The lowest BCUT2D eigenvalue weighted by Crippen LogP contribution is -2.30. The van der Waals surface area contributed by atoms with Crippen LogP contribution in [0.5, 0.6) is 0 Å². The van der Waals surface area contributed by atoms with Crippen molar-refractivity contribution in [2.24, 2.45) is 23.7 Å². The number of carbonyl (C=O) groups excluding carboxylic acids is 4. The van der Waals surface area contributed by atoms with Crippen LogP contribution in [0.3, 0.4) is 0 Å². The molecule has 0 radical (unpaired) electrons. The molecule has 0 aromatic rings. The third kappa shape index (κ3) is 60.1. The molecule has 0 aliphatic carbocycles. The van der Waals surface area contributed by atoms with E-state index in [0.717, 1.165) is 120 Å². The molecule has 7 atom stereocenters. The lowest BCUT2D eigenvalue weighted by Gasteiger charge is -2.21. The SMILES string of the molecule is CCC(C)CCCCCCCCC(=O)OC[C@H](COP(=O)(O)OC[C@H](O)COP(=O)(O)OC[C@@H](COC(=O)CCCCCCCCCCC(C)C)OC(=O)CCCCCCCCCCCCCCCC(C)C)OC(=O)CCCCCCCCC(C)CC. The monoisotopic (exact) mass is 1280 g/mol. The van der Waals surface area contributed by atoms with Gasteiger partial charge in [0.25, 0.3) is 0 Å². The number of aliphatic hydroxyl groups excluding tert-OH is 1. The fourth-order valence-electron chi connectivity index (χ4n) is 10.1. The first kappa shape index (κ1) is 85.1.